The highest BCUT2D eigenvalue weighted by atomic mass is 35.5. The molecule has 32 heavy (non-hydrogen) atoms. The average Bonchev–Trinajstić information content (AvgIpc) is 2.73. The number of hydrogen-bond acceptors (Lipinski definition) is 4. The topological polar surface area (TPSA) is 80.5 Å². The normalized spacial score (nSPS) is 19.9. The smallest absolute Gasteiger partial charge is 0.260 e. The molecule has 0 N–H and O–H groups in total. The van der Waals surface area contributed by atoms with Crippen molar-refractivity contribution in [1.82, 2.24) is 0 Å². The van der Waals surface area contributed by atoms with Gasteiger partial charge in [0.05, 0.1) is 21.0 Å². The molecule has 0 saturated carbocycles. The number of non-ortho nitro benzene ring substituents is 1. The molecule has 1 unspecified atom stereocenters. The second-order valence-electron chi connectivity index (χ2n) is 8.87. The van der Waals surface area contributed by atoms with E-state index in [4.69, 9.17) is 11.6 Å². The van der Waals surface area contributed by atoms with Gasteiger partial charge in [0, 0.05) is 22.6 Å². The number of fused-ring (bicyclic) bond motifs is 1. The lowest BCUT2D eigenvalue weighted by Gasteiger charge is -2.51. The van der Waals surface area contributed by atoms with Crippen molar-refractivity contribution in [1.29, 1.82) is 0 Å². The van der Waals surface area contributed by atoms with Crippen LogP contribution in [0.15, 0.2) is 77.7 Å². The Morgan fingerprint density at radius 1 is 0.938 bits per heavy atom. The Labute approximate surface area is 192 Å². The zero-order valence-corrected chi connectivity index (χ0v) is 19.5. The Bertz CT molecular complexity index is 1290. The number of anilines is 1. The number of nitro groups is 1. The van der Waals surface area contributed by atoms with Gasteiger partial charge in [-0.1, -0.05) is 48.9 Å². The molecule has 0 spiro atoms. The van der Waals surface area contributed by atoms with Gasteiger partial charge in [0.1, 0.15) is 0 Å². The molecule has 0 aromatic heterocycles. The van der Waals surface area contributed by atoms with Gasteiger partial charge in [0.25, 0.3) is 15.7 Å². The molecule has 1 aliphatic rings. The first-order chi connectivity index (χ1) is 15.0. The van der Waals surface area contributed by atoms with Crippen LogP contribution in [0.1, 0.15) is 38.3 Å². The van der Waals surface area contributed by atoms with Gasteiger partial charge in [-0.25, -0.2) is 8.42 Å². The van der Waals surface area contributed by atoms with Gasteiger partial charge in [-0.15, -0.1) is 0 Å². The lowest BCUT2D eigenvalue weighted by Crippen LogP contribution is -2.55. The minimum Gasteiger partial charge on any atom is -0.260 e. The third-order valence-corrected chi connectivity index (χ3v) is 8.41. The summed E-state index contributed by atoms with van der Waals surface area (Å²) < 4.78 is 29.0. The SMILES string of the molecule is CC1(c2ccc(Cl)cc2)CC(C)(C)N(S(=O)(=O)c2ccc([N+](=O)[O-])cc2)c2ccccc21. The first kappa shape index (κ1) is 22.3. The fourth-order valence-corrected chi connectivity index (χ4v) is 6.80. The van der Waals surface area contributed by atoms with Crippen molar-refractivity contribution >= 4 is 33.0 Å². The molecule has 1 atom stereocenters. The number of rotatable bonds is 4. The predicted molar refractivity (Wildman–Crippen MR) is 126 cm³/mol. The fraction of sp³-hybridized carbons (Fsp3) is 0.250. The number of nitrogens with zero attached hydrogens (tertiary/aromatic N) is 2. The molecule has 3 aromatic rings. The van der Waals surface area contributed by atoms with Crippen LogP contribution in [0.2, 0.25) is 5.02 Å². The van der Waals surface area contributed by atoms with Gasteiger partial charge in [-0.2, -0.15) is 0 Å². The third kappa shape index (κ3) is 3.55. The van der Waals surface area contributed by atoms with Crippen molar-refractivity contribution in [3.63, 3.8) is 0 Å². The summed E-state index contributed by atoms with van der Waals surface area (Å²) >= 11 is 6.10. The van der Waals surface area contributed by atoms with E-state index in [1.54, 1.807) is 0 Å². The summed E-state index contributed by atoms with van der Waals surface area (Å²) in [6.45, 7) is 5.92. The largest absolute Gasteiger partial charge is 0.269 e. The van der Waals surface area contributed by atoms with Crippen molar-refractivity contribution < 1.29 is 13.3 Å². The van der Waals surface area contributed by atoms with Crippen LogP contribution >= 0.6 is 11.6 Å². The summed E-state index contributed by atoms with van der Waals surface area (Å²) in [4.78, 5) is 10.5. The van der Waals surface area contributed by atoms with Gasteiger partial charge in [0.2, 0.25) is 0 Å². The second kappa shape index (κ2) is 7.60. The molecular weight excluding hydrogens is 448 g/mol. The van der Waals surface area contributed by atoms with Crippen LogP contribution in [-0.4, -0.2) is 18.9 Å². The van der Waals surface area contributed by atoms with Crippen molar-refractivity contribution in [3.8, 4) is 0 Å². The molecule has 8 heteroatoms. The molecule has 1 aliphatic heterocycles. The molecule has 0 amide bonds. The van der Waals surface area contributed by atoms with Crippen LogP contribution < -0.4 is 4.31 Å². The van der Waals surface area contributed by atoms with Crippen LogP contribution in [0.4, 0.5) is 11.4 Å². The highest BCUT2D eigenvalue weighted by Crippen LogP contribution is 2.52. The van der Waals surface area contributed by atoms with E-state index in [-0.39, 0.29) is 10.6 Å². The Morgan fingerprint density at radius 3 is 2.12 bits per heavy atom. The molecule has 4 rings (SSSR count). The Hall–Kier alpha value is -2.90. The van der Waals surface area contributed by atoms with Crippen molar-refractivity contribution in [3.05, 3.63) is 99.1 Å². The van der Waals surface area contributed by atoms with E-state index in [1.807, 2.05) is 62.4 Å². The summed E-state index contributed by atoms with van der Waals surface area (Å²) in [7, 11) is -3.98. The van der Waals surface area contributed by atoms with Crippen LogP contribution in [-0.2, 0) is 15.4 Å². The second-order valence-corrected chi connectivity index (χ2v) is 11.1. The first-order valence-corrected chi connectivity index (χ1v) is 11.9. The molecule has 0 aliphatic carbocycles. The number of benzene rings is 3. The quantitative estimate of drug-likeness (QED) is 0.349. The number of para-hydroxylation sites is 1. The van der Waals surface area contributed by atoms with Crippen molar-refractivity contribution in [2.45, 2.75) is 43.0 Å². The highest BCUT2D eigenvalue weighted by molar-refractivity contribution is 7.93. The summed E-state index contributed by atoms with van der Waals surface area (Å²) in [6, 6.07) is 20.2. The summed E-state index contributed by atoms with van der Waals surface area (Å²) in [5.74, 6) is 0. The minimum absolute atomic E-state index is 0.0149. The highest BCUT2D eigenvalue weighted by Gasteiger charge is 2.49. The van der Waals surface area contributed by atoms with Gasteiger partial charge in [0.15, 0.2) is 0 Å². The number of sulfonamides is 1. The van der Waals surface area contributed by atoms with E-state index in [2.05, 4.69) is 6.92 Å². The maximum Gasteiger partial charge on any atom is 0.269 e. The standard InChI is InChI=1S/C24H23ClN2O4S/c1-23(2)16-24(3,17-8-10-18(25)11-9-17)21-6-4-5-7-22(21)26(23)32(30,31)20-14-12-19(13-15-20)27(28)29/h4-15H,16H2,1-3H3. The Kier molecular flexibility index (Phi) is 5.30. The molecule has 3 aromatic carbocycles. The van der Waals surface area contributed by atoms with E-state index < -0.39 is 25.9 Å². The maximum absolute atomic E-state index is 13.8. The molecular formula is C24H23ClN2O4S. The van der Waals surface area contributed by atoms with Crippen LogP contribution in [0.5, 0.6) is 0 Å². The number of halogens is 1. The Morgan fingerprint density at radius 2 is 1.53 bits per heavy atom. The summed E-state index contributed by atoms with van der Waals surface area (Å²) in [6.07, 6.45) is 0.533. The van der Waals surface area contributed by atoms with E-state index in [9.17, 15) is 18.5 Å². The summed E-state index contributed by atoms with van der Waals surface area (Å²) in [5, 5.41) is 11.6. The molecule has 0 bridgehead atoms. The lowest BCUT2D eigenvalue weighted by molar-refractivity contribution is -0.384. The molecule has 1 heterocycles. The number of hydrogen-bond donors (Lipinski definition) is 0. The molecule has 166 valence electrons. The van der Waals surface area contributed by atoms with Gasteiger partial charge in [-0.05, 0) is 61.7 Å². The third-order valence-electron chi connectivity index (χ3n) is 6.12. The zero-order valence-electron chi connectivity index (χ0n) is 17.9. The average molecular weight is 471 g/mol. The molecule has 0 saturated heterocycles. The van der Waals surface area contributed by atoms with Gasteiger partial charge in [-0.3, -0.25) is 14.4 Å². The monoisotopic (exact) mass is 470 g/mol. The zero-order chi connectivity index (χ0) is 23.3. The maximum atomic E-state index is 13.8. The van der Waals surface area contributed by atoms with E-state index >= 15 is 0 Å². The fourth-order valence-electron chi connectivity index (χ4n) is 4.85. The van der Waals surface area contributed by atoms with Gasteiger partial charge >= 0.3 is 0 Å². The minimum atomic E-state index is -3.98. The Balaban J connectivity index is 1.89. The van der Waals surface area contributed by atoms with Gasteiger partial charge < -0.3 is 0 Å². The van der Waals surface area contributed by atoms with Crippen molar-refractivity contribution in [2.24, 2.45) is 0 Å². The van der Waals surface area contributed by atoms with E-state index in [0.29, 0.717) is 17.1 Å². The number of nitro benzene ring substituents is 1. The summed E-state index contributed by atoms with van der Waals surface area (Å²) in [5.41, 5.74) is 1.18. The molecule has 0 fully saturated rings. The molecule has 0 radical (unpaired) electrons. The lowest BCUT2D eigenvalue weighted by atomic mass is 9.66. The van der Waals surface area contributed by atoms with Crippen LogP contribution in [0.25, 0.3) is 0 Å². The molecule has 6 nitrogen and oxygen atoms in total. The van der Waals surface area contributed by atoms with Crippen LogP contribution in [0, 0.1) is 10.1 Å². The van der Waals surface area contributed by atoms with E-state index in [1.165, 1.54) is 28.6 Å². The van der Waals surface area contributed by atoms with E-state index in [0.717, 1.165) is 11.1 Å². The first-order valence-electron chi connectivity index (χ1n) is 10.1. The van der Waals surface area contributed by atoms with Crippen LogP contribution in [0.3, 0.4) is 0 Å². The predicted octanol–water partition coefficient (Wildman–Crippen LogP) is 5.93. The van der Waals surface area contributed by atoms with Crippen molar-refractivity contribution in [2.75, 3.05) is 4.31 Å².